The zero-order valence-electron chi connectivity index (χ0n) is 19.4. The Morgan fingerprint density at radius 2 is 1.47 bits per heavy atom. The van der Waals surface area contributed by atoms with Crippen LogP contribution in [-0.2, 0) is 20.4 Å². The fourth-order valence-electron chi connectivity index (χ4n) is 4.16. The molecule has 0 spiro atoms. The van der Waals surface area contributed by atoms with Gasteiger partial charge in [-0.15, -0.1) is 0 Å². The molecule has 166 valence electrons. The number of nitrogens with one attached hydrogen (secondary N) is 1. The number of rotatable bonds is 3. The van der Waals surface area contributed by atoms with E-state index in [9.17, 15) is 9.59 Å². The van der Waals surface area contributed by atoms with E-state index in [0.29, 0.717) is 44.7 Å². The smallest absolute Gasteiger partial charge is 0.252 e. The third kappa shape index (κ3) is 4.85. The van der Waals surface area contributed by atoms with Gasteiger partial charge in [-0.25, -0.2) is 0 Å². The van der Waals surface area contributed by atoms with E-state index >= 15 is 0 Å². The van der Waals surface area contributed by atoms with Crippen molar-refractivity contribution in [2.75, 3.05) is 26.3 Å². The molecule has 2 fully saturated rings. The van der Waals surface area contributed by atoms with Gasteiger partial charge in [0.1, 0.15) is 5.54 Å². The summed E-state index contributed by atoms with van der Waals surface area (Å²) in [5.74, 6) is -0.144. The summed E-state index contributed by atoms with van der Waals surface area (Å²) in [5.41, 5.74) is 1.21. The van der Waals surface area contributed by atoms with Crippen molar-refractivity contribution in [3.05, 3.63) is 29.1 Å². The van der Waals surface area contributed by atoms with Crippen LogP contribution in [-0.4, -0.2) is 53.5 Å². The molecule has 2 amide bonds. The van der Waals surface area contributed by atoms with Crippen LogP contribution >= 0.6 is 0 Å². The summed E-state index contributed by atoms with van der Waals surface area (Å²) in [6.45, 7) is 14.9. The van der Waals surface area contributed by atoms with Crippen molar-refractivity contribution >= 4 is 11.8 Å². The fraction of sp³-hybridized carbons (Fsp3) is 0.708. The van der Waals surface area contributed by atoms with Gasteiger partial charge in [0.25, 0.3) is 5.91 Å². The van der Waals surface area contributed by atoms with Crippen molar-refractivity contribution in [2.24, 2.45) is 0 Å². The first kappa shape index (κ1) is 22.7. The van der Waals surface area contributed by atoms with Gasteiger partial charge in [-0.3, -0.25) is 14.6 Å². The molecule has 6 nitrogen and oxygen atoms in total. The van der Waals surface area contributed by atoms with E-state index in [0.717, 1.165) is 24.2 Å². The monoisotopic (exact) mass is 415 g/mol. The number of aromatic nitrogens is 1. The Balaban J connectivity index is 1.92. The largest absolute Gasteiger partial charge is 0.378 e. The summed E-state index contributed by atoms with van der Waals surface area (Å²) in [6.07, 6.45) is 3.29. The van der Waals surface area contributed by atoms with E-state index < -0.39 is 5.54 Å². The van der Waals surface area contributed by atoms with Gasteiger partial charge >= 0.3 is 0 Å². The van der Waals surface area contributed by atoms with E-state index in [4.69, 9.17) is 9.72 Å². The summed E-state index contributed by atoms with van der Waals surface area (Å²) in [4.78, 5) is 33.5. The van der Waals surface area contributed by atoms with E-state index in [-0.39, 0.29) is 22.6 Å². The summed E-state index contributed by atoms with van der Waals surface area (Å²) in [7, 11) is 0. The maximum absolute atomic E-state index is 13.4. The number of nitrogens with zero attached hydrogens (tertiary/aromatic N) is 2. The number of amides is 2. The van der Waals surface area contributed by atoms with Gasteiger partial charge in [-0.2, -0.15) is 0 Å². The maximum atomic E-state index is 13.4. The van der Waals surface area contributed by atoms with Crippen LogP contribution in [0.2, 0.25) is 0 Å². The molecule has 0 unspecified atom stereocenters. The number of hydrogen-bond acceptors (Lipinski definition) is 4. The quantitative estimate of drug-likeness (QED) is 0.819. The third-order valence-electron chi connectivity index (χ3n) is 6.14. The molecular weight excluding hydrogens is 378 g/mol. The number of carbonyl (C=O) groups excluding carboxylic acids is 2. The van der Waals surface area contributed by atoms with Gasteiger partial charge in [0.15, 0.2) is 0 Å². The minimum atomic E-state index is -0.804. The molecule has 0 bridgehead atoms. The Morgan fingerprint density at radius 1 is 0.967 bits per heavy atom. The molecule has 0 aromatic carbocycles. The van der Waals surface area contributed by atoms with Gasteiger partial charge < -0.3 is 15.0 Å². The number of morpholine rings is 1. The number of ether oxygens (including phenoxy) is 1. The lowest BCUT2D eigenvalue weighted by atomic mass is 9.86. The highest BCUT2D eigenvalue weighted by molar-refractivity contribution is 5.99. The molecule has 3 rings (SSSR count). The molecule has 0 radical (unpaired) electrons. The molecule has 1 saturated carbocycles. The van der Waals surface area contributed by atoms with E-state index in [1.165, 1.54) is 0 Å². The summed E-state index contributed by atoms with van der Waals surface area (Å²) < 4.78 is 5.40. The predicted molar refractivity (Wildman–Crippen MR) is 118 cm³/mol. The second kappa shape index (κ2) is 8.29. The van der Waals surface area contributed by atoms with Crippen molar-refractivity contribution in [1.82, 2.24) is 15.2 Å². The standard InChI is InChI=1S/C24H37N3O3/c1-22(2,3)18-15-17(16-19(25-18)23(4,5)6)20(28)26-24(9-7-8-10-24)21(29)27-11-13-30-14-12-27/h15-16H,7-14H2,1-6H3,(H,26,28). The second-order valence-corrected chi connectivity index (χ2v) is 10.8. The highest BCUT2D eigenvalue weighted by Crippen LogP contribution is 2.33. The molecular formula is C24H37N3O3. The van der Waals surface area contributed by atoms with Crippen LogP contribution in [0.1, 0.15) is 89.0 Å². The van der Waals surface area contributed by atoms with Crippen LogP contribution in [0.15, 0.2) is 12.1 Å². The van der Waals surface area contributed by atoms with Crippen molar-refractivity contribution in [2.45, 2.75) is 83.6 Å². The summed E-state index contributed by atoms with van der Waals surface area (Å²) >= 11 is 0. The van der Waals surface area contributed by atoms with Crippen LogP contribution in [0.5, 0.6) is 0 Å². The van der Waals surface area contributed by atoms with Gasteiger partial charge in [-0.1, -0.05) is 54.4 Å². The number of pyridine rings is 1. The van der Waals surface area contributed by atoms with Gasteiger partial charge in [-0.05, 0) is 25.0 Å². The Hall–Kier alpha value is -1.95. The summed E-state index contributed by atoms with van der Waals surface area (Å²) in [6, 6.07) is 3.76. The van der Waals surface area contributed by atoms with Crippen LogP contribution in [0, 0.1) is 0 Å². The number of hydrogen-bond donors (Lipinski definition) is 1. The zero-order valence-corrected chi connectivity index (χ0v) is 19.4. The van der Waals surface area contributed by atoms with Crippen LogP contribution in [0.4, 0.5) is 0 Å². The predicted octanol–water partition coefficient (Wildman–Crippen LogP) is 3.58. The van der Waals surface area contributed by atoms with Crippen LogP contribution in [0.25, 0.3) is 0 Å². The first-order valence-electron chi connectivity index (χ1n) is 11.2. The average Bonchev–Trinajstić information content (AvgIpc) is 3.16. The molecule has 6 heteroatoms. The molecule has 0 atom stereocenters. The van der Waals surface area contributed by atoms with Crippen molar-refractivity contribution in [3.8, 4) is 0 Å². The lowest BCUT2D eigenvalue weighted by Gasteiger charge is -2.37. The molecule has 1 aromatic heterocycles. The molecule has 1 N–H and O–H groups in total. The lowest BCUT2D eigenvalue weighted by molar-refractivity contribution is -0.142. The van der Waals surface area contributed by atoms with Gasteiger partial charge in [0.05, 0.1) is 13.2 Å². The third-order valence-corrected chi connectivity index (χ3v) is 6.14. The molecule has 2 aliphatic rings. The fourth-order valence-corrected chi connectivity index (χ4v) is 4.16. The van der Waals surface area contributed by atoms with E-state index in [1.807, 2.05) is 17.0 Å². The molecule has 1 aromatic rings. The first-order valence-corrected chi connectivity index (χ1v) is 11.2. The zero-order chi connectivity index (χ0) is 22.2. The van der Waals surface area contributed by atoms with E-state index in [2.05, 4.69) is 46.9 Å². The van der Waals surface area contributed by atoms with Crippen molar-refractivity contribution in [3.63, 3.8) is 0 Å². The summed E-state index contributed by atoms with van der Waals surface area (Å²) in [5, 5.41) is 3.16. The van der Waals surface area contributed by atoms with Crippen molar-refractivity contribution in [1.29, 1.82) is 0 Å². The Morgan fingerprint density at radius 3 is 1.93 bits per heavy atom. The minimum absolute atomic E-state index is 0.0396. The molecule has 1 saturated heterocycles. The SMILES string of the molecule is CC(C)(C)c1cc(C(=O)NC2(C(=O)N3CCOCC3)CCCC2)cc(C(C)(C)C)n1. The molecule has 30 heavy (non-hydrogen) atoms. The molecule has 2 heterocycles. The first-order chi connectivity index (χ1) is 13.9. The lowest BCUT2D eigenvalue weighted by Crippen LogP contribution is -2.59. The van der Waals surface area contributed by atoms with Crippen LogP contribution < -0.4 is 5.32 Å². The molecule has 1 aliphatic carbocycles. The van der Waals surface area contributed by atoms with Crippen LogP contribution in [0.3, 0.4) is 0 Å². The van der Waals surface area contributed by atoms with Gasteiger partial charge in [0, 0.05) is 40.9 Å². The average molecular weight is 416 g/mol. The Kier molecular flexibility index (Phi) is 6.28. The topological polar surface area (TPSA) is 71.5 Å². The van der Waals surface area contributed by atoms with Crippen molar-refractivity contribution < 1.29 is 14.3 Å². The normalized spacial score (nSPS) is 19.6. The maximum Gasteiger partial charge on any atom is 0.252 e. The molecule has 1 aliphatic heterocycles. The number of carbonyl (C=O) groups is 2. The Labute approximate surface area is 180 Å². The highest BCUT2D eigenvalue weighted by atomic mass is 16.5. The minimum Gasteiger partial charge on any atom is -0.378 e. The second-order valence-electron chi connectivity index (χ2n) is 10.8. The van der Waals surface area contributed by atoms with E-state index in [1.54, 1.807) is 0 Å². The Bertz CT molecular complexity index is 761. The highest BCUT2D eigenvalue weighted by Gasteiger charge is 2.45. The van der Waals surface area contributed by atoms with Gasteiger partial charge in [0.2, 0.25) is 5.91 Å².